The molecule has 1 amide bonds. The summed E-state index contributed by atoms with van der Waals surface area (Å²) in [4.78, 5) is 29.9. The smallest absolute Gasteiger partial charge is 0.339 e. The fourth-order valence-electron chi connectivity index (χ4n) is 3.27. The Bertz CT molecular complexity index is 1090. The molecule has 0 aliphatic carbocycles. The standard InChI is InChI=1S/C23H24N2O5/c1-5-17-14(2)22(16-8-6-7-9-18(16)24-17)23(27)30-13-21(26)25-19-12-15(28-3)10-11-20(19)29-4/h6-12H,5,13H2,1-4H3,(H,25,26). The number of hydrogen-bond donors (Lipinski definition) is 1. The number of nitrogens with zero attached hydrogens (tertiary/aromatic N) is 1. The summed E-state index contributed by atoms with van der Waals surface area (Å²) in [7, 11) is 3.03. The fraction of sp³-hybridized carbons (Fsp3) is 0.261. The Hall–Kier alpha value is -3.61. The van der Waals surface area contributed by atoms with Crippen LogP contribution >= 0.6 is 0 Å². The van der Waals surface area contributed by atoms with Crippen LogP contribution in [0.5, 0.6) is 11.5 Å². The van der Waals surface area contributed by atoms with E-state index >= 15 is 0 Å². The van der Waals surface area contributed by atoms with Gasteiger partial charge in [-0.3, -0.25) is 9.78 Å². The highest BCUT2D eigenvalue weighted by Crippen LogP contribution is 2.29. The third kappa shape index (κ3) is 4.35. The zero-order valence-electron chi connectivity index (χ0n) is 17.4. The lowest BCUT2D eigenvalue weighted by atomic mass is 10.0. The predicted octanol–water partition coefficient (Wildman–Crippen LogP) is 3.92. The number of para-hydroxylation sites is 1. The van der Waals surface area contributed by atoms with E-state index in [0.29, 0.717) is 34.6 Å². The molecule has 0 saturated heterocycles. The van der Waals surface area contributed by atoms with E-state index in [0.717, 1.165) is 16.8 Å². The second-order valence-electron chi connectivity index (χ2n) is 6.62. The van der Waals surface area contributed by atoms with Crippen LogP contribution in [-0.4, -0.2) is 37.7 Å². The molecule has 2 aromatic carbocycles. The first-order valence-corrected chi connectivity index (χ1v) is 9.55. The highest BCUT2D eigenvalue weighted by molar-refractivity contribution is 6.06. The lowest BCUT2D eigenvalue weighted by Crippen LogP contribution is -2.22. The minimum atomic E-state index is -0.562. The Morgan fingerprint density at radius 3 is 2.53 bits per heavy atom. The number of rotatable bonds is 7. The Morgan fingerprint density at radius 2 is 1.83 bits per heavy atom. The molecule has 1 aromatic heterocycles. The number of carbonyl (C=O) groups excluding carboxylic acids is 2. The van der Waals surface area contributed by atoms with Crippen LogP contribution in [0.1, 0.15) is 28.5 Å². The molecule has 3 rings (SSSR count). The van der Waals surface area contributed by atoms with Crippen molar-refractivity contribution in [2.45, 2.75) is 20.3 Å². The summed E-state index contributed by atoms with van der Waals surface area (Å²) < 4.78 is 15.7. The second-order valence-corrected chi connectivity index (χ2v) is 6.62. The highest BCUT2D eigenvalue weighted by atomic mass is 16.5. The van der Waals surface area contributed by atoms with Crippen molar-refractivity contribution < 1.29 is 23.8 Å². The summed E-state index contributed by atoms with van der Waals surface area (Å²) in [5.74, 6) is -0.0108. The van der Waals surface area contributed by atoms with Crippen LogP contribution in [0.15, 0.2) is 42.5 Å². The molecule has 0 fully saturated rings. The number of anilines is 1. The monoisotopic (exact) mass is 408 g/mol. The Morgan fingerprint density at radius 1 is 1.07 bits per heavy atom. The molecule has 1 heterocycles. The van der Waals surface area contributed by atoms with Crippen molar-refractivity contribution in [3.05, 3.63) is 59.3 Å². The van der Waals surface area contributed by atoms with Crippen molar-refractivity contribution in [3.8, 4) is 11.5 Å². The van der Waals surface area contributed by atoms with Gasteiger partial charge in [-0.2, -0.15) is 0 Å². The van der Waals surface area contributed by atoms with Gasteiger partial charge in [0, 0.05) is 17.1 Å². The zero-order chi connectivity index (χ0) is 21.7. The lowest BCUT2D eigenvalue weighted by molar-refractivity contribution is -0.119. The number of hydrogen-bond acceptors (Lipinski definition) is 6. The predicted molar refractivity (Wildman–Crippen MR) is 114 cm³/mol. The third-order valence-electron chi connectivity index (χ3n) is 4.79. The molecule has 156 valence electrons. The molecular formula is C23H24N2O5. The number of benzene rings is 2. The molecule has 0 radical (unpaired) electrons. The van der Waals surface area contributed by atoms with Gasteiger partial charge < -0.3 is 19.5 Å². The Balaban J connectivity index is 1.78. The number of pyridine rings is 1. The lowest BCUT2D eigenvalue weighted by Gasteiger charge is -2.14. The van der Waals surface area contributed by atoms with E-state index in [2.05, 4.69) is 10.3 Å². The summed E-state index contributed by atoms with van der Waals surface area (Å²) in [6, 6.07) is 12.4. The van der Waals surface area contributed by atoms with Gasteiger partial charge >= 0.3 is 5.97 Å². The summed E-state index contributed by atoms with van der Waals surface area (Å²) >= 11 is 0. The van der Waals surface area contributed by atoms with Crippen molar-refractivity contribution in [3.63, 3.8) is 0 Å². The van der Waals surface area contributed by atoms with E-state index in [4.69, 9.17) is 14.2 Å². The first-order valence-electron chi connectivity index (χ1n) is 9.55. The summed E-state index contributed by atoms with van der Waals surface area (Å²) in [5.41, 5.74) is 3.17. The SMILES string of the molecule is CCc1nc2ccccc2c(C(=O)OCC(=O)Nc2cc(OC)ccc2OC)c1C. The molecule has 0 unspecified atom stereocenters. The number of fused-ring (bicyclic) bond motifs is 1. The van der Waals surface area contributed by atoms with Crippen LogP contribution in [0, 0.1) is 6.92 Å². The molecule has 0 aliphatic rings. The summed E-state index contributed by atoms with van der Waals surface area (Å²) in [6.45, 7) is 3.39. The molecule has 0 aliphatic heterocycles. The molecule has 0 bridgehead atoms. The maximum absolute atomic E-state index is 12.9. The minimum absolute atomic E-state index is 0.428. The normalized spacial score (nSPS) is 10.5. The number of ether oxygens (including phenoxy) is 3. The summed E-state index contributed by atoms with van der Waals surface area (Å²) in [5, 5.41) is 3.38. The van der Waals surface area contributed by atoms with Crippen molar-refractivity contribution in [1.29, 1.82) is 0 Å². The number of aryl methyl sites for hydroxylation is 1. The van der Waals surface area contributed by atoms with E-state index < -0.39 is 18.5 Å². The van der Waals surface area contributed by atoms with Gasteiger partial charge in [-0.05, 0) is 37.1 Å². The van der Waals surface area contributed by atoms with Gasteiger partial charge in [0.1, 0.15) is 11.5 Å². The number of carbonyl (C=O) groups is 2. The van der Waals surface area contributed by atoms with E-state index in [9.17, 15) is 9.59 Å². The minimum Gasteiger partial charge on any atom is -0.497 e. The van der Waals surface area contributed by atoms with Crippen LogP contribution < -0.4 is 14.8 Å². The van der Waals surface area contributed by atoms with Gasteiger partial charge in [-0.1, -0.05) is 25.1 Å². The maximum Gasteiger partial charge on any atom is 0.339 e. The van der Waals surface area contributed by atoms with Gasteiger partial charge in [-0.15, -0.1) is 0 Å². The average Bonchev–Trinajstić information content (AvgIpc) is 2.76. The number of aromatic nitrogens is 1. The number of esters is 1. The second kappa shape index (κ2) is 9.26. The molecule has 7 nitrogen and oxygen atoms in total. The van der Waals surface area contributed by atoms with Crippen LogP contribution in [0.4, 0.5) is 5.69 Å². The van der Waals surface area contributed by atoms with Gasteiger partial charge in [0.25, 0.3) is 5.91 Å². The Kier molecular flexibility index (Phi) is 6.51. The molecule has 0 saturated carbocycles. The van der Waals surface area contributed by atoms with Crippen LogP contribution in [-0.2, 0) is 16.0 Å². The molecule has 30 heavy (non-hydrogen) atoms. The largest absolute Gasteiger partial charge is 0.497 e. The molecule has 0 atom stereocenters. The van der Waals surface area contributed by atoms with Crippen LogP contribution in [0.25, 0.3) is 10.9 Å². The quantitative estimate of drug-likeness (QED) is 0.597. The topological polar surface area (TPSA) is 86.8 Å². The first kappa shape index (κ1) is 21.1. The summed E-state index contributed by atoms with van der Waals surface area (Å²) in [6.07, 6.45) is 0.688. The number of amides is 1. The Labute approximate surface area is 175 Å². The fourth-order valence-corrected chi connectivity index (χ4v) is 3.27. The average molecular weight is 408 g/mol. The highest BCUT2D eigenvalue weighted by Gasteiger charge is 2.20. The van der Waals surface area contributed by atoms with E-state index in [-0.39, 0.29) is 0 Å². The molecule has 3 aromatic rings. The van der Waals surface area contributed by atoms with E-state index in [1.165, 1.54) is 14.2 Å². The van der Waals surface area contributed by atoms with E-state index in [1.807, 2.05) is 38.1 Å². The van der Waals surface area contributed by atoms with E-state index in [1.54, 1.807) is 18.2 Å². The number of methoxy groups -OCH3 is 2. The molecule has 1 N–H and O–H groups in total. The molecular weight excluding hydrogens is 384 g/mol. The van der Waals surface area contributed by atoms with Crippen LogP contribution in [0.2, 0.25) is 0 Å². The van der Waals surface area contributed by atoms with Crippen molar-refractivity contribution in [2.24, 2.45) is 0 Å². The third-order valence-corrected chi connectivity index (χ3v) is 4.79. The molecule has 7 heteroatoms. The first-order chi connectivity index (χ1) is 14.5. The van der Waals surface area contributed by atoms with Crippen molar-refractivity contribution in [2.75, 3.05) is 26.1 Å². The molecule has 0 spiro atoms. The zero-order valence-corrected chi connectivity index (χ0v) is 17.4. The van der Waals surface area contributed by atoms with Crippen molar-refractivity contribution >= 4 is 28.5 Å². The van der Waals surface area contributed by atoms with Gasteiger partial charge in [0.2, 0.25) is 0 Å². The van der Waals surface area contributed by atoms with Gasteiger partial charge in [0.05, 0.1) is 31.0 Å². The van der Waals surface area contributed by atoms with Gasteiger partial charge in [0.15, 0.2) is 6.61 Å². The van der Waals surface area contributed by atoms with Crippen LogP contribution in [0.3, 0.4) is 0 Å². The maximum atomic E-state index is 12.9. The number of nitrogens with one attached hydrogen (secondary N) is 1. The van der Waals surface area contributed by atoms with Crippen molar-refractivity contribution in [1.82, 2.24) is 4.98 Å². The van der Waals surface area contributed by atoms with Gasteiger partial charge in [-0.25, -0.2) is 4.79 Å².